The van der Waals surface area contributed by atoms with Crippen LogP contribution in [0.25, 0.3) is 11.3 Å². The van der Waals surface area contributed by atoms with Gasteiger partial charge in [-0.3, -0.25) is 0 Å². The number of hydrogen-bond donors (Lipinski definition) is 3. The van der Waals surface area contributed by atoms with Gasteiger partial charge in [0.15, 0.2) is 51.2 Å². The van der Waals surface area contributed by atoms with Crippen LogP contribution in [0.2, 0.25) is 36.3 Å². The van der Waals surface area contributed by atoms with Crippen molar-refractivity contribution in [1.29, 1.82) is 0 Å². The Labute approximate surface area is 540 Å². The van der Waals surface area contributed by atoms with Crippen LogP contribution in [-0.4, -0.2) is 186 Å². The van der Waals surface area contributed by atoms with Gasteiger partial charge in [0.2, 0.25) is 0 Å². The van der Waals surface area contributed by atoms with E-state index in [2.05, 4.69) is 108 Å². The van der Waals surface area contributed by atoms with Crippen LogP contribution in [0.5, 0.6) is 0 Å². The quantitative estimate of drug-likeness (QED) is 0.0320. The maximum atomic E-state index is 14.6. The van der Waals surface area contributed by atoms with Crippen LogP contribution in [0, 0.1) is 13.8 Å². The van der Waals surface area contributed by atoms with Crippen molar-refractivity contribution in [3.8, 4) is 0 Å². The molecule has 19 nitrogen and oxygen atoms in total. The van der Waals surface area contributed by atoms with Crippen molar-refractivity contribution in [1.82, 2.24) is 43.9 Å². The first-order valence-electron chi connectivity index (χ1n) is 32.3. The number of aromatic nitrogens is 6. The van der Waals surface area contributed by atoms with Crippen LogP contribution in [0.15, 0.2) is 53.5 Å². The molecule has 10 rings (SSSR count). The number of likely N-dealkylation sites (tertiary alicyclic amines) is 2. The molecule has 0 bridgehead atoms. The Morgan fingerprint density at radius 2 is 1.00 bits per heavy atom. The third-order valence-corrected chi connectivity index (χ3v) is 28.3. The fourth-order valence-corrected chi connectivity index (χ4v) is 13.9. The van der Waals surface area contributed by atoms with Crippen molar-refractivity contribution >= 4 is 80.3 Å². The zero-order valence-electron chi connectivity index (χ0n) is 56.3. The third kappa shape index (κ3) is 16.5. The molecule has 0 saturated carbocycles. The molecule has 4 aromatic heterocycles. The largest absolute Gasteiger partial charge is 0.416 e. The number of morpholine rings is 2. The van der Waals surface area contributed by atoms with E-state index in [1.165, 1.54) is 24.3 Å². The Morgan fingerprint density at radius 3 is 1.39 bits per heavy atom. The molecule has 4 saturated heterocycles. The first kappa shape index (κ1) is 70.2. The fraction of sp³-hybridized carbons (Fsp3) is 0.615. The molecule has 0 radical (unpaired) electrons. The van der Waals surface area contributed by atoms with Crippen LogP contribution in [0.3, 0.4) is 0 Å². The van der Waals surface area contributed by atoms with Crippen LogP contribution in [-0.2, 0) is 30.7 Å². The number of nitrogens with two attached hydrogens (primary N) is 1. The van der Waals surface area contributed by atoms with Gasteiger partial charge < -0.3 is 59.2 Å². The normalized spacial score (nSPS) is 17.7. The molecule has 92 heavy (non-hydrogen) atoms. The number of nitrogen functional groups attached to an aromatic ring is 1. The highest BCUT2D eigenvalue weighted by Crippen LogP contribution is 2.47. The number of imidazole rings is 2. The number of anilines is 7. The van der Waals surface area contributed by atoms with E-state index in [-0.39, 0.29) is 21.9 Å². The highest BCUT2D eigenvalue weighted by molar-refractivity contribution is 6.74. The van der Waals surface area contributed by atoms with Crippen LogP contribution in [0.4, 0.5) is 72.4 Å². The fourth-order valence-electron chi connectivity index (χ4n) is 11.9. The van der Waals surface area contributed by atoms with E-state index < -0.39 is 40.1 Å². The number of piperidine rings is 2. The lowest BCUT2D eigenvalue weighted by Crippen LogP contribution is -2.43. The molecule has 0 aliphatic carbocycles. The summed E-state index contributed by atoms with van der Waals surface area (Å²) in [6.45, 7) is 36.7. The van der Waals surface area contributed by atoms with Crippen molar-refractivity contribution in [2.75, 3.05) is 145 Å². The molecule has 27 heteroatoms. The van der Waals surface area contributed by atoms with Crippen molar-refractivity contribution in [2.24, 2.45) is 4.99 Å². The van der Waals surface area contributed by atoms with E-state index in [1.807, 2.05) is 38.9 Å². The molecule has 4 fully saturated rings. The summed E-state index contributed by atoms with van der Waals surface area (Å²) >= 11 is 0. The van der Waals surface area contributed by atoms with Gasteiger partial charge in [-0.25, -0.2) is 15.0 Å². The Kier molecular flexibility index (Phi) is 21.7. The molecular weight excluding hydrogens is 1220 g/mol. The maximum Gasteiger partial charge on any atom is 0.416 e. The van der Waals surface area contributed by atoms with Crippen LogP contribution < -0.4 is 26.2 Å². The zero-order valence-corrected chi connectivity index (χ0v) is 58.3. The van der Waals surface area contributed by atoms with Crippen molar-refractivity contribution in [3.63, 3.8) is 0 Å². The summed E-state index contributed by atoms with van der Waals surface area (Å²) in [4.78, 5) is 24.7. The summed E-state index contributed by atoms with van der Waals surface area (Å²) < 4.78 is 114. The molecule has 4 N–H and O–H groups in total. The lowest BCUT2D eigenvalue weighted by Gasteiger charge is -2.38. The third-order valence-electron chi connectivity index (χ3n) is 19.3. The van der Waals surface area contributed by atoms with Gasteiger partial charge in [0, 0.05) is 90.1 Å². The molecule has 4 aliphatic heterocycles. The minimum Gasteiger partial charge on any atom is -0.416 e. The highest BCUT2D eigenvalue weighted by Gasteiger charge is 2.42. The average molecular weight is 1320 g/mol. The number of fused-ring (bicyclic) bond motifs is 2. The molecule has 2 aromatic carbocycles. The minimum absolute atomic E-state index is 0.129. The van der Waals surface area contributed by atoms with E-state index in [4.69, 9.17) is 39.2 Å². The molecule has 4 aliphatic rings. The number of nitrogens with zero attached hydrogens (tertiary/aromatic N) is 12. The Balaban J connectivity index is 0.000000218. The van der Waals surface area contributed by atoms with Gasteiger partial charge in [-0.15, -0.1) is 10.2 Å². The molecule has 0 amide bonds. The van der Waals surface area contributed by atoms with Gasteiger partial charge in [0.05, 0.1) is 61.0 Å². The van der Waals surface area contributed by atoms with E-state index in [1.54, 1.807) is 33.6 Å². The van der Waals surface area contributed by atoms with Crippen LogP contribution in [0.1, 0.15) is 113 Å². The van der Waals surface area contributed by atoms with Gasteiger partial charge in [0.1, 0.15) is 5.69 Å². The smallest absolute Gasteiger partial charge is 0.416 e. The Hall–Kier alpha value is -6.08. The number of hydrogen-bond acceptors (Lipinski definition) is 16. The minimum atomic E-state index is -4.49. The second kappa shape index (κ2) is 28.5. The van der Waals surface area contributed by atoms with E-state index >= 15 is 0 Å². The van der Waals surface area contributed by atoms with Gasteiger partial charge in [-0.2, -0.15) is 35.4 Å². The molecular formula is C65H97F6N15O4Si2. The molecule has 6 aromatic rings. The van der Waals surface area contributed by atoms with Crippen molar-refractivity contribution < 1.29 is 44.7 Å². The topological polar surface area (TPSA) is 176 Å². The average Bonchev–Trinajstić information content (AvgIpc) is 1.96. The molecule has 8 heterocycles. The number of aliphatic imine (C=N–C) groups is 1. The molecule has 0 atom stereocenters. The number of rotatable bonds is 18. The molecule has 0 spiro atoms. The lowest BCUT2D eigenvalue weighted by atomic mass is 9.85. The van der Waals surface area contributed by atoms with Gasteiger partial charge >= 0.3 is 12.4 Å². The van der Waals surface area contributed by atoms with E-state index in [9.17, 15) is 26.3 Å². The number of benzene rings is 2. The number of halogens is 6. The SMILES string of the molecule is Cc1nc2c(N)cc(N3CCOCC3)nn2c1Nc1cccc(C(F)(F)F)c1C1CCN(CCO[Si](C)(C)C(C)(C)C)CC1.Cc1nc2c(N=CN(C)C)cc(N3CCOCC3)nn2c1Nc1cccc(C(F)(F)F)c1C1CCN(CCO[Si](C)(C)C(C)(C)C)CC1. The second-order valence-electron chi connectivity index (χ2n) is 28.0. The first-order chi connectivity index (χ1) is 43.2. The second-order valence-corrected chi connectivity index (χ2v) is 37.7. The number of nitrogens with one attached hydrogen (secondary N) is 2. The Morgan fingerprint density at radius 1 is 0.609 bits per heavy atom. The standard InChI is InChI=1S/C34H51F3N8O2Si.C31H46F3N7O2Si/c1-24-31(45-32(39-24)28(38-23-42(5)6)22-29(41-45)44-17-19-46-20-18-44)40-27-11-9-10-26(34(35,36)37)30(27)25-12-14-43(15-13-25)16-21-47-48(7,8)33(2,3)4;1-21-28(41-29(36-21)24(35)20-26(38-41)40-15-17-42-18-16-40)37-25-9-7-8-23(31(32,33)34)27(25)22-10-12-39(13-11-22)14-19-43-44(5,6)30(2,3)4/h9-11,22-23,25,40H,12-21H2,1-8H3;7-9,20,22,37H,10-19,35H2,1-6H3. The van der Waals surface area contributed by atoms with Gasteiger partial charge in [0.25, 0.3) is 0 Å². The zero-order chi connectivity index (χ0) is 66.7. The summed E-state index contributed by atoms with van der Waals surface area (Å²) in [5, 5.41) is 16.7. The first-order valence-corrected chi connectivity index (χ1v) is 38.1. The predicted molar refractivity (Wildman–Crippen MR) is 360 cm³/mol. The van der Waals surface area contributed by atoms with Crippen molar-refractivity contribution in [3.05, 3.63) is 82.2 Å². The lowest BCUT2D eigenvalue weighted by molar-refractivity contribution is -0.139. The number of alkyl halides is 6. The van der Waals surface area contributed by atoms with Crippen molar-refractivity contribution in [2.45, 2.75) is 142 Å². The summed E-state index contributed by atoms with van der Waals surface area (Å²) in [6, 6.07) is 12.5. The molecule has 506 valence electrons. The summed E-state index contributed by atoms with van der Waals surface area (Å²) in [5.41, 5.74) is 9.89. The van der Waals surface area contributed by atoms with Gasteiger partial charge in [-0.1, -0.05) is 53.7 Å². The van der Waals surface area contributed by atoms with E-state index in [0.29, 0.717) is 198 Å². The number of aryl methyl sites for hydroxylation is 2. The highest BCUT2D eigenvalue weighted by atomic mass is 28.4. The summed E-state index contributed by atoms with van der Waals surface area (Å²) in [6.07, 6.45) is -4.78. The number of ether oxygens (including phenoxy) is 2. The van der Waals surface area contributed by atoms with Gasteiger partial charge in [-0.05, 0) is 149 Å². The Bertz CT molecular complexity index is 3500. The predicted octanol–water partition coefficient (Wildman–Crippen LogP) is 13.5. The summed E-state index contributed by atoms with van der Waals surface area (Å²) in [7, 11) is 0.0551. The molecule has 0 unspecified atom stereocenters. The van der Waals surface area contributed by atoms with Crippen LogP contribution >= 0.6 is 0 Å². The van der Waals surface area contributed by atoms with E-state index in [0.717, 1.165) is 13.1 Å². The summed E-state index contributed by atoms with van der Waals surface area (Å²) in [5.74, 6) is 1.87. The maximum absolute atomic E-state index is 14.6. The monoisotopic (exact) mass is 1320 g/mol.